The summed E-state index contributed by atoms with van der Waals surface area (Å²) < 4.78 is 5.48. The number of nitrogens with zero attached hydrogens (tertiary/aromatic N) is 3. The van der Waals surface area contributed by atoms with E-state index < -0.39 is 17.9 Å². The Morgan fingerprint density at radius 2 is 1.43 bits per heavy atom. The van der Waals surface area contributed by atoms with Gasteiger partial charge in [-0.25, -0.2) is 0 Å². The van der Waals surface area contributed by atoms with Crippen molar-refractivity contribution in [3.8, 4) is 0 Å². The third kappa shape index (κ3) is 16.9. The Hall–Kier alpha value is -4.80. The van der Waals surface area contributed by atoms with Crippen molar-refractivity contribution in [1.82, 2.24) is 30.8 Å². The van der Waals surface area contributed by atoms with E-state index in [1.807, 2.05) is 18.2 Å². The summed E-state index contributed by atoms with van der Waals surface area (Å²) >= 11 is 0. The topological polar surface area (TPSA) is 237 Å². The number of hydrogen-bond acceptors (Lipinski definition) is 11. The fraction of sp³-hybridized carbons (Fsp3) is 0.484. The number of aliphatic carboxylic acids is 3. The van der Waals surface area contributed by atoms with Crippen LogP contribution >= 0.6 is 0 Å². The van der Waals surface area contributed by atoms with Crippen LogP contribution in [0.3, 0.4) is 0 Å². The van der Waals surface area contributed by atoms with Gasteiger partial charge in [-0.05, 0) is 30.7 Å². The molecule has 0 unspecified atom stereocenters. The second kappa shape index (κ2) is 21.9. The van der Waals surface area contributed by atoms with Gasteiger partial charge < -0.3 is 36.0 Å². The van der Waals surface area contributed by atoms with Gasteiger partial charge in [0, 0.05) is 76.0 Å². The molecule has 16 nitrogen and oxygen atoms in total. The van der Waals surface area contributed by atoms with Gasteiger partial charge in [-0.15, -0.1) is 0 Å². The fourth-order valence-electron chi connectivity index (χ4n) is 4.19. The summed E-state index contributed by atoms with van der Waals surface area (Å²) in [5.41, 5.74) is 3.00. The van der Waals surface area contributed by atoms with Crippen molar-refractivity contribution in [1.29, 1.82) is 0 Å². The first-order chi connectivity index (χ1) is 22.5. The lowest BCUT2D eigenvalue weighted by molar-refractivity contribution is -0.143. The summed E-state index contributed by atoms with van der Waals surface area (Å²) in [6.07, 6.45) is 2.86. The van der Waals surface area contributed by atoms with Crippen LogP contribution in [0.25, 0.3) is 0 Å². The summed E-state index contributed by atoms with van der Waals surface area (Å²) in [7, 11) is 0. The zero-order valence-electron chi connectivity index (χ0n) is 26.1. The van der Waals surface area contributed by atoms with Crippen LogP contribution in [-0.2, 0) is 48.2 Å². The Kier molecular flexibility index (Phi) is 17.8. The van der Waals surface area contributed by atoms with Gasteiger partial charge in [0.2, 0.25) is 11.8 Å². The molecule has 256 valence electrons. The molecule has 2 aromatic heterocycles. The van der Waals surface area contributed by atoms with Crippen LogP contribution in [0.1, 0.15) is 66.0 Å². The van der Waals surface area contributed by atoms with Crippen LogP contribution in [0.2, 0.25) is 0 Å². The maximum atomic E-state index is 12.5. The van der Waals surface area contributed by atoms with E-state index in [0.29, 0.717) is 70.6 Å². The molecule has 2 aliphatic rings. The van der Waals surface area contributed by atoms with Gasteiger partial charge in [0.25, 0.3) is 5.91 Å². The summed E-state index contributed by atoms with van der Waals surface area (Å²) in [6, 6.07) is 9.05. The van der Waals surface area contributed by atoms with Crippen LogP contribution in [0.5, 0.6) is 0 Å². The molecule has 0 aromatic carbocycles. The maximum absolute atomic E-state index is 12.5. The normalized spacial score (nSPS) is 14.7. The highest BCUT2D eigenvalue weighted by Gasteiger charge is 2.28. The number of aryl methyl sites for hydroxylation is 1. The predicted molar refractivity (Wildman–Crippen MR) is 166 cm³/mol. The number of rotatable bonds is 11. The molecular formula is C31H42N6O10. The summed E-state index contributed by atoms with van der Waals surface area (Å²) in [4.78, 5) is 75.0. The Balaban J connectivity index is 0.000000330. The van der Waals surface area contributed by atoms with E-state index in [-0.39, 0.29) is 37.0 Å². The minimum Gasteiger partial charge on any atom is -0.481 e. The Morgan fingerprint density at radius 3 is 1.94 bits per heavy atom. The van der Waals surface area contributed by atoms with Crippen molar-refractivity contribution in [3.05, 3.63) is 59.2 Å². The number of likely N-dealkylation sites (tertiary alicyclic amines) is 1. The molecule has 0 atom stereocenters. The smallest absolute Gasteiger partial charge is 0.303 e. The lowest BCUT2D eigenvalue weighted by atomic mass is 10.1. The van der Waals surface area contributed by atoms with Gasteiger partial charge in [-0.3, -0.25) is 43.6 Å². The summed E-state index contributed by atoms with van der Waals surface area (Å²) in [5.74, 6) is -3.37. The number of amides is 3. The Labute approximate surface area is 271 Å². The first-order valence-corrected chi connectivity index (χ1v) is 15.2. The average molecular weight is 659 g/mol. The number of carboxylic acid groups (broad SMARTS) is 3. The number of ether oxygens (including phenoxy) is 1. The van der Waals surface area contributed by atoms with Gasteiger partial charge in [0.15, 0.2) is 0 Å². The molecule has 47 heavy (non-hydrogen) atoms. The molecule has 2 aromatic rings. The van der Waals surface area contributed by atoms with E-state index in [1.54, 1.807) is 18.3 Å². The fourth-order valence-corrected chi connectivity index (χ4v) is 4.19. The van der Waals surface area contributed by atoms with E-state index in [4.69, 9.17) is 20.1 Å². The molecule has 2 bridgehead atoms. The Morgan fingerprint density at radius 1 is 0.851 bits per heavy atom. The zero-order valence-corrected chi connectivity index (χ0v) is 26.1. The van der Waals surface area contributed by atoms with Crippen LogP contribution in [0.4, 0.5) is 0 Å². The molecule has 0 spiro atoms. The number of carbonyl (C=O) groups excluding carboxylic acids is 3. The second-order valence-corrected chi connectivity index (χ2v) is 10.4. The standard InChI is InChI=1S/C19H27N5O4.C8H9NO2.C4H6O4/c25-17-2-3-18(26)24(17)7-1-4-22-19(27)14-10-15-12-20-5-8-28-9-6-21-13-16(11-14)23-15;10-8(11)5-4-7-3-1-2-6-9-7;5-3(6)1-2-4(7)8/h10-11,20-21H,1-9,12-13H2,(H,22,27);1-3,6H,4-5H2,(H,10,11);1-2H2,(H,5,6)(H,7,8). The van der Waals surface area contributed by atoms with Gasteiger partial charge in [0.05, 0.1) is 43.9 Å². The van der Waals surface area contributed by atoms with Crippen LogP contribution in [0, 0.1) is 0 Å². The van der Waals surface area contributed by atoms with E-state index in [0.717, 1.165) is 30.2 Å². The first kappa shape index (κ1) is 38.4. The maximum Gasteiger partial charge on any atom is 0.303 e. The van der Waals surface area contributed by atoms with Gasteiger partial charge in [-0.2, -0.15) is 0 Å². The van der Waals surface area contributed by atoms with Crippen LogP contribution < -0.4 is 16.0 Å². The monoisotopic (exact) mass is 658 g/mol. The van der Waals surface area contributed by atoms with Crippen molar-refractivity contribution in [2.75, 3.05) is 39.4 Å². The minimum absolute atomic E-state index is 0.127. The molecule has 16 heteroatoms. The van der Waals surface area contributed by atoms with Crippen LogP contribution in [-0.4, -0.2) is 105 Å². The average Bonchev–Trinajstić information content (AvgIpc) is 3.36. The van der Waals surface area contributed by atoms with E-state index in [2.05, 4.69) is 25.9 Å². The predicted octanol–water partition coefficient (Wildman–Crippen LogP) is 0.595. The van der Waals surface area contributed by atoms with Gasteiger partial charge >= 0.3 is 17.9 Å². The van der Waals surface area contributed by atoms with Crippen molar-refractivity contribution in [2.45, 2.75) is 58.0 Å². The van der Waals surface area contributed by atoms with Crippen molar-refractivity contribution in [2.24, 2.45) is 0 Å². The zero-order chi connectivity index (χ0) is 34.4. The number of imide groups is 1. The van der Waals surface area contributed by atoms with Gasteiger partial charge in [0.1, 0.15) is 0 Å². The summed E-state index contributed by atoms with van der Waals surface area (Å²) in [5, 5.41) is 33.5. The second-order valence-electron chi connectivity index (χ2n) is 10.4. The molecule has 0 radical (unpaired) electrons. The highest BCUT2D eigenvalue weighted by Crippen LogP contribution is 2.12. The number of carboxylic acids is 3. The quantitative estimate of drug-likeness (QED) is 0.143. The number of aromatic nitrogens is 2. The number of hydrogen-bond donors (Lipinski definition) is 6. The van der Waals surface area contributed by atoms with Gasteiger partial charge in [-0.1, -0.05) is 6.07 Å². The van der Waals surface area contributed by atoms with Crippen molar-refractivity contribution < 1.29 is 48.8 Å². The minimum atomic E-state index is -1.08. The number of nitrogens with one attached hydrogen (secondary N) is 3. The molecule has 0 aliphatic carbocycles. The molecule has 0 saturated carbocycles. The molecule has 4 rings (SSSR count). The molecule has 1 fully saturated rings. The lowest BCUT2D eigenvalue weighted by Gasteiger charge is -2.14. The van der Waals surface area contributed by atoms with Crippen molar-refractivity contribution in [3.63, 3.8) is 0 Å². The molecular weight excluding hydrogens is 616 g/mol. The number of fused-ring (bicyclic) bond motifs is 2. The molecule has 2 aliphatic heterocycles. The van der Waals surface area contributed by atoms with Crippen LogP contribution in [0.15, 0.2) is 36.5 Å². The third-order valence-corrected chi connectivity index (χ3v) is 6.52. The van der Waals surface area contributed by atoms with E-state index >= 15 is 0 Å². The first-order valence-electron chi connectivity index (χ1n) is 15.2. The molecule has 3 amide bonds. The number of pyridine rings is 2. The molecule has 4 heterocycles. The van der Waals surface area contributed by atoms with E-state index in [1.165, 1.54) is 4.90 Å². The highest BCUT2D eigenvalue weighted by molar-refractivity contribution is 6.01. The largest absolute Gasteiger partial charge is 0.481 e. The lowest BCUT2D eigenvalue weighted by Crippen LogP contribution is -2.33. The highest BCUT2D eigenvalue weighted by atomic mass is 16.5. The number of carbonyl (C=O) groups is 6. The SMILES string of the molecule is O=C(NCCCN1C(=O)CCC1=O)c1cc2nc(c1)CNCCOCCNC2.O=C(O)CCC(=O)O.O=C(O)CCc1ccccn1. The Bertz CT molecular complexity index is 1280. The molecule has 6 N–H and O–H groups in total. The van der Waals surface area contributed by atoms with Crippen molar-refractivity contribution >= 4 is 35.6 Å². The molecule has 1 saturated heterocycles. The third-order valence-electron chi connectivity index (χ3n) is 6.52. The van der Waals surface area contributed by atoms with E-state index in [9.17, 15) is 28.8 Å². The summed E-state index contributed by atoms with van der Waals surface area (Å²) in [6.45, 7) is 4.60.